The minimum Gasteiger partial charge on any atom is -0.508 e. The maximum atomic E-state index is 14.0. The van der Waals surface area contributed by atoms with E-state index in [9.17, 15) is 14.3 Å². The van der Waals surface area contributed by atoms with E-state index < -0.39 is 0 Å². The number of benzene rings is 2. The van der Waals surface area contributed by atoms with Crippen molar-refractivity contribution in [2.45, 2.75) is 6.92 Å². The van der Waals surface area contributed by atoms with Gasteiger partial charge in [0.1, 0.15) is 11.6 Å². The van der Waals surface area contributed by atoms with E-state index in [2.05, 4.69) is 20.5 Å². The van der Waals surface area contributed by atoms with Crippen molar-refractivity contribution in [1.29, 1.82) is 0 Å². The lowest BCUT2D eigenvalue weighted by molar-refractivity contribution is 0.0954. The molecule has 0 atom stereocenters. The van der Waals surface area contributed by atoms with Gasteiger partial charge in [0.05, 0.1) is 12.2 Å². The molecule has 1 fully saturated rings. The molecule has 30 heavy (non-hydrogen) atoms. The fourth-order valence-corrected chi connectivity index (χ4v) is 3.34. The van der Waals surface area contributed by atoms with Crippen LogP contribution in [-0.4, -0.2) is 67.7 Å². The summed E-state index contributed by atoms with van der Waals surface area (Å²) in [6.07, 6.45) is 0. The molecule has 1 saturated heterocycles. The molecular formula is C22H28FN5O2. The molecule has 7 nitrogen and oxygen atoms in total. The average molecular weight is 413 g/mol. The summed E-state index contributed by atoms with van der Waals surface area (Å²) >= 11 is 0. The van der Waals surface area contributed by atoms with E-state index in [1.165, 1.54) is 18.2 Å². The Morgan fingerprint density at radius 1 is 1.07 bits per heavy atom. The molecule has 1 amide bonds. The molecule has 1 aliphatic rings. The van der Waals surface area contributed by atoms with Gasteiger partial charge in [0.25, 0.3) is 5.91 Å². The second-order valence-electron chi connectivity index (χ2n) is 6.96. The average Bonchev–Trinajstić information content (AvgIpc) is 2.77. The SMILES string of the molecule is CCNC(=NCCNC(=O)c1ccc(O)cc1)N1CCN(c2ccccc2F)CC1. The van der Waals surface area contributed by atoms with Gasteiger partial charge in [0, 0.05) is 44.8 Å². The monoisotopic (exact) mass is 413 g/mol. The fourth-order valence-electron chi connectivity index (χ4n) is 3.34. The summed E-state index contributed by atoms with van der Waals surface area (Å²) in [6, 6.07) is 13.0. The van der Waals surface area contributed by atoms with Crippen LogP contribution in [0.2, 0.25) is 0 Å². The summed E-state index contributed by atoms with van der Waals surface area (Å²) in [5.41, 5.74) is 1.13. The van der Waals surface area contributed by atoms with Crippen molar-refractivity contribution < 1.29 is 14.3 Å². The number of piperazine rings is 1. The topological polar surface area (TPSA) is 80.2 Å². The molecule has 2 aromatic rings. The molecule has 160 valence electrons. The van der Waals surface area contributed by atoms with Crippen molar-refractivity contribution in [3.63, 3.8) is 0 Å². The van der Waals surface area contributed by atoms with Crippen molar-refractivity contribution in [3.8, 4) is 5.75 Å². The highest BCUT2D eigenvalue weighted by Gasteiger charge is 2.21. The van der Waals surface area contributed by atoms with Crippen molar-refractivity contribution >= 4 is 17.6 Å². The van der Waals surface area contributed by atoms with E-state index in [0.717, 1.165) is 25.6 Å². The number of hydrogen-bond acceptors (Lipinski definition) is 4. The first-order valence-corrected chi connectivity index (χ1v) is 10.2. The number of aliphatic imine (C=N–C) groups is 1. The van der Waals surface area contributed by atoms with Crippen LogP contribution in [0, 0.1) is 5.82 Å². The number of phenolic OH excluding ortho intramolecular Hbond substituents is 1. The highest BCUT2D eigenvalue weighted by Crippen LogP contribution is 2.20. The van der Waals surface area contributed by atoms with Gasteiger partial charge >= 0.3 is 0 Å². The first-order valence-electron chi connectivity index (χ1n) is 10.2. The highest BCUT2D eigenvalue weighted by atomic mass is 19.1. The van der Waals surface area contributed by atoms with Crippen LogP contribution in [0.3, 0.4) is 0 Å². The van der Waals surface area contributed by atoms with Gasteiger partial charge in [-0.1, -0.05) is 12.1 Å². The van der Waals surface area contributed by atoms with Crippen molar-refractivity contribution in [2.75, 3.05) is 50.7 Å². The minimum absolute atomic E-state index is 0.126. The van der Waals surface area contributed by atoms with Crippen LogP contribution >= 0.6 is 0 Å². The zero-order valence-corrected chi connectivity index (χ0v) is 17.1. The number of hydrogen-bond donors (Lipinski definition) is 3. The molecule has 3 rings (SSSR count). The van der Waals surface area contributed by atoms with E-state index in [1.54, 1.807) is 24.3 Å². The number of carbonyl (C=O) groups excluding carboxylic acids is 1. The molecule has 0 aliphatic carbocycles. The number of nitrogens with one attached hydrogen (secondary N) is 2. The van der Waals surface area contributed by atoms with E-state index in [0.29, 0.717) is 37.4 Å². The number of rotatable bonds is 6. The number of amides is 1. The molecule has 0 unspecified atom stereocenters. The third-order valence-electron chi connectivity index (χ3n) is 4.90. The molecule has 0 bridgehead atoms. The number of halogens is 1. The standard InChI is InChI=1S/C22H28FN5O2/c1-2-24-22(26-12-11-25-21(30)17-7-9-18(29)10-8-17)28-15-13-27(14-16-28)20-6-4-3-5-19(20)23/h3-10,29H,2,11-16H2,1H3,(H,24,26)(H,25,30). The molecule has 2 aromatic carbocycles. The number of aromatic hydroxyl groups is 1. The summed E-state index contributed by atoms with van der Waals surface area (Å²) in [4.78, 5) is 20.9. The largest absolute Gasteiger partial charge is 0.508 e. The Labute approximate surface area is 176 Å². The van der Waals surface area contributed by atoms with Gasteiger partial charge < -0.3 is 25.5 Å². The van der Waals surface area contributed by atoms with E-state index in [1.807, 2.05) is 17.9 Å². The Hall–Kier alpha value is -3.29. The smallest absolute Gasteiger partial charge is 0.251 e. The Kier molecular flexibility index (Phi) is 7.48. The number of para-hydroxylation sites is 1. The predicted octanol–water partition coefficient (Wildman–Crippen LogP) is 2.05. The van der Waals surface area contributed by atoms with Gasteiger partial charge in [0.15, 0.2) is 5.96 Å². The number of phenols is 1. The van der Waals surface area contributed by atoms with Crippen LogP contribution in [0.4, 0.5) is 10.1 Å². The Morgan fingerprint density at radius 2 is 1.77 bits per heavy atom. The second kappa shape index (κ2) is 10.5. The Bertz CT molecular complexity index is 864. The minimum atomic E-state index is -0.200. The lowest BCUT2D eigenvalue weighted by atomic mass is 10.2. The summed E-state index contributed by atoms with van der Waals surface area (Å²) in [5, 5.41) is 15.4. The normalized spacial score (nSPS) is 14.5. The van der Waals surface area contributed by atoms with Crippen LogP contribution in [-0.2, 0) is 0 Å². The van der Waals surface area contributed by atoms with E-state index >= 15 is 0 Å². The van der Waals surface area contributed by atoms with Crippen LogP contribution in [0.25, 0.3) is 0 Å². The summed E-state index contributed by atoms with van der Waals surface area (Å²) in [5.74, 6) is 0.524. The lowest BCUT2D eigenvalue weighted by Gasteiger charge is -2.37. The number of guanidine groups is 1. The number of nitrogens with zero attached hydrogens (tertiary/aromatic N) is 3. The third kappa shape index (κ3) is 5.62. The van der Waals surface area contributed by atoms with Gasteiger partial charge in [-0.05, 0) is 43.3 Å². The molecule has 0 aromatic heterocycles. The molecule has 1 aliphatic heterocycles. The van der Waals surface area contributed by atoms with Gasteiger partial charge in [0.2, 0.25) is 0 Å². The van der Waals surface area contributed by atoms with Crippen molar-refractivity contribution in [2.24, 2.45) is 4.99 Å². The summed E-state index contributed by atoms with van der Waals surface area (Å²) < 4.78 is 14.0. The first kappa shape index (κ1) is 21.4. The van der Waals surface area contributed by atoms with E-state index in [-0.39, 0.29) is 17.5 Å². The van der Waals surface area contributed by atoms with Crippen LogP contribution in [0.15, 0.2) is 53.5 Å². The Morgan fingerprint density at radius 3 is 2.43 bits per heavy atom. The van der Waals surface area contributed by atoms with Crippen LogP contribution in [0.1, 0.15) is 17.3 Å². The van der Waals surface area contributed by atoms with Gasteiger partial charge in [-0.25, -0.2) is 4.39 Å². The lowest BCUT2D eigenvalue weighted by Crippen LogP contribution is -2.52. The van der Waals surface area contributed by atoms with Crippen molar-refractivity contribution in [3.05, 3.63) is 59.9 Å². The van der Waals surface area contributed by atoms with Gasteiger partial charge in [-0.2, -0.15) is 0 Å². The first-order chi connectivity index (χ1) is 14.6. The Balaban J connectivity index is 1.50. The van der Waals surface area contributed by atoms with Crippen LogP contribution in [0.5, 0.6) is 5.75 Å². The molecule has 1 heterocycles. The zero-order chi connectivity index (χ0) is 21.3. The third-order valence-corrected chi connectivity index (χ3v) is 4.90. The molecule has 0 saturated carbocycles. The molecular weight excluding hydrogens is 385 g/mol. The van der Waals surface area contributed by atoms with Crippen LogP contribution < -0.4 is 15.5 Å². The maximum Gasteiger partial charge on any atom is 0.251 e. The summed E-state index contributed by atoms with van der Waals surface area (Å²) in [6.45, 7) is 6.50. The predicted molar refractivity (Wildman–Crippen MR) is 117 cm³/mol. The maximum absolute atomic E-state index is 14.0. The molecule has 0 radical (unpaired) electrons. The molecule has 0 spiro atoms. The number of carbonyl (C=O) groups is 1. The molecule has 3 N–H and O–H groups in total. The quantitative estimate of drug-likeness (QED) is 0.384. The zero-order valence-electron chi connectivity index (χ0n) is 17.1. The fraction of sp³-hybridized carbons (Fsp3) is 0.364. The summed E-state index contributed by atoms with van der Waals surface area (Å²) in [7, 11) is 0. The highest BCUT2D eigenvalue weighted by molar-refractivity contribution is 5.94. The van der Waals surface area contributed by atoms with E-state index in [4.69, 9.17) is 0 Å². The second-order valence-corrected chi connectivity index (χ2v) is 6.96. The van der Waals surface area contributed by atoms with Gasteiger partial charge in [-0.3, -0.25) is 9.79 Å². The van der Waals surface area contributed by atoms with Crippen molar-refractivity contribution in [1.82, 2.24) is 15.5 Å². The number of anilines is 1. The van der Waals surface area contributed by atoms with Gasteiger partial charge in [-0.15, -0.1) is 0 Å². The molecule has 8 heteroatoms.